The molecule has 4 aromatic heterocycles. The predicted octanol–water partition coefficient (Wildman–Crippen LogP) is 4.77. The van der Waals surface area contributed by atoms with Crippen LogP contribution in [0.25, 0.3) is 39.1 Å². The molecule has 4 heterocycles. The molecule has 0 aliphatic rings. The van der Waals surface area contributed by atoms with Crippen molar-refractivity contribution in [2.45, 2.75) is 13.8 Å². The van der Waals surface area contributed by atoms with Crippen LogP contribution in [0.2, 0.25) is 0 Å². The smallest absolute Gasteiger partial charge is 0.223 e. The number of pyridine rings is 2. The van der Waals surface area contributed by atoms with Gasteiger partial charge in [0.25, 0.3) is 0 Å². The molecule has 5 aromatic rings. The van der Waals surface area contributed by atoms with Gasteiger partial charge in [0.2, 0.25) is 5.95 Å². The Bertz CT molecular complexity index is 1410. The lowest BCUT2D eigenvalue weighted by atomic mass is 10.1. The Morgan fingerprint density at radius 3 is 2.50 bits per heavy atom. The van der Waals surface area contributed by atoms with Crippen LogP contribution in [0, 0.1) is 19.8 Å². The third-order valence-corrected chi connectivity index (χ3v) is 5.18. The van der Waals surface area contributed by atoms with Gasteiger partial charge in [-0.2, -0.15) is 4.39 Å². The van der Waals surface area contributed by atoms with Gasteiger partial charge in [-0.15, -0.1) is 0 Å². The van der Waals surface area contributed by atoms with Crippen molar-refractivity contribution in [3.05, 3.63) is 72.3 Å². The van der Waals surface area contributed by atoms with E-state index in [1.165, 1.54) is 6.20 Å². The number of rotatable bonds is 3. The van der Waals surface area contributed by atoms with Crippen molar-refractivity contribution in [1.29, 1.82) is 0 Å². The van der Waals surface area contributed by atoms with Gasteiger partial charge in [0, 0.05) is 24.2 Å². The quantitative estimate of drug-likeness (QED) is 0.409. The molecule has 0 spiro atoms. The normalized spacial score (nSPS) is 11.3. The van der Waals surface area contributed by atoms with Crippen molar-refractivity contribution in [3.63, 3.8) is 0 Å². The number of imidazole rings is 1. The lowest BCUT2D eigenvalue weighted by Gasteiger charge is -2.13. The summed E-state index contributed by atoms with van der Waals surface area (Å²) in [5.41, 5.74) is 6.04. The highest BCUT2D eigenvalue weighted by atomic mass is 19.1. The molecule has 0 saturated heterocycles. The van der Waals surface area contributed by atoms with E-state index in [-0.39, 0.29) is 0 Å². The SMILES string of the molecule is COc1cc(-c2cccnc2)cc2c1nc(C)c1c(C)nc(-c3cccnc3F)n12. The van der Waals surface area contributed by atoms with Gasteiger partial charge in [-0.05, 0) is 49.7 Å². The predicted molar refractivity (Wildman–Crippen MR) is 113 cm³/mol. The van der Waals surface area contributed by atoms with Gasteiger partial charge in [0.15, 0.2) is 0 Å². The van der Waals surface area contributed by atoms with E-state index in [1.54, 1.807) is 31.6 Å². The number of ether oxygens (including phenoxy) is 1. The van der Waals surface area contributed by atoms with E-state index >= 15 is 0 Å². The molecule has 1 aromatic carbocycles. The molecular formula is C23H18FN5O. The first kappa shape index (κ1) is 18.2. The summed E-state index contributed by atoms with van der Waals surface area (Å²) in [5, 5.41) is 0. The number of nitrogens with zero attached hydrogens (tertiary/aromatic N) is 5. The van der Waals surface area contributed by atoms with Crippen LogP contribution in [0.5, 0.6) is 5.75 Å². The van der Waals surface area contributed by atoms with Gasteiger partial charge in [-0.3, -0.25) is 9.38 Å². The van der Waals surface area contributed by atoms with Gasteiger partial charge < -0.3 is 4.74 Å². The second-order valence-electron chi connectivity index (χ2n) is 7.03. The van der Waals surface area contributed by atoms with Crippen molar-refractivity contribution >= 4 is 16.6 Å². The lowest BCUT2D eigenvalue weighted by Crippen LogP contribution is -2.01. The second kappa shape index (κ2) is 6.88. The Morgan fingerprint density at radius 1 is 0.967 bits per heavy atom. The minimum absolute atomic E-state index is 0.332. The molecule has 0 amide bonds. The monoisotopic (exact) mass is 399 g/mol. The minimum Gasteiger partial charge on any atom is -0.494 e. The molecule has 0 saturated carbocycles. The molecule has 0 aliphatic carbocycles. The molecule has 0 fully saturated rings. The van der Waals surface area contributed by atoms with Crippen LogP contribution < -0.4 is 4.74 Å². The maximum atomic E-state index is 14.6. The number of fused-ring (bicyclic) bond motifs is 3. The van der Waals surface area contributed by atoms with E-state index in [0.29, 0.717) is 22.7 Å². The van der Waals surface area contributed by atoms with E-state index in [1.807, 2.05) is 42.5 Å². The maximum Gasteiger partial charge on any atom is 0.223 e. The average molecular weight is 399 g/mol. The summed E-state index contributed by atoms with van der Waals surface area (Å²) in [4.78, 5) is 17.5. The number of hydrogen-bond donors (Lipinski definition) is 0. The highest BCUT2D eigenvalue weighted by molar-refractivity contribution is 5.91. The zero-order valence-corrected chi connectivity index (χ0v) is 16.7. The highest BCUT2D eigenvalue weighted by Gasteiger charge is 2.21. The zero-order chi connectivity index (χ0) is 20.8. The maximum absolute atomic E-state index is 14.6. The van der Waals surface area contributed by atoms with Crippen LogP contribution >= 0.6 is 0 Å². The number of methoxy groups -OCH3 is 1. The lowest BCUT2D eigenvalue weighted by molar-refractivity contribution is 0.419. The van der Waals surface area contributed by atoms with Crippen LogP contribution in [-0.4, -0.2) is 31.4 Å². The second-order valence-corrected chi connectivity index (χ2v) is 7.03. The van der Waals surface area contributed by atoms with Crippen molar-refractivity contribution in [3.8, 4) is 28.3 Å². The Balaban J connectivity index is 1.96. The number of hydrogen-bond acceptors (Lipinski definition) is 5. The van der Waals surface area contributed by atoms with E-state index in [4.69, 9.17) is 9.72 Å². The molecule has 0 bridgehead atoms. The zero-order valence-electron chi connectivity index (χ0n) is 16.7. The molecule has 0 atom stereocenters. The molecule has 7 heteroatoms. The molecular weight excluding hydrogens is 381 g/mol. The van der Waals surface area contributed by atoms with E-state index in [9.17, 15) is 4.39 Å². The number of aryl methyl sites for hydroxylation is 2. The first-order chi connectivity index (χ1) is 14.6. The van der Waals surface area contributed by atoms with E-state index < -0.39 is 5.95 Å². The molecule has 6 nitrogen and oxygen atoms in total. The van der Waals surface area contributed by atoms with Gasteiger partial charge >= 0.3 is 0 Å². The summed E-state index contributed by atoms with van der Waals surface area (Å²) >= 11 is 0. The van der Waals surface area contributed by atoms with Crippen LogP contribution in [0.1, 0.15) is 11.4 Å². The number of benzene rings is 1. The Labute approximate surface area is 172 Å². The van der Waals surface area contributed by atoms with Gasteiger partial charge in [0.1, 0.15) is 17.1 Å². The van der Waals surface area contributed by atoms with E-state index in [2.05, 4.69) is 15.0 Å². The van der Waals surface area contributed by atoms with Gasteiger partial charge in [0.05, 0.1) is 35.1 Å². The topological polar surface area (TPSA) is 65.2 Å². The molecule has 0 aliphatic heterocycles. The minimum atomic E-state index is -0.567. The van der Waals surface area contributed by atoms with Crippen LogP contribution in [0.4, 0.5) is 4.39 Å². The third kappa shape index (κ3) is 2.70. The summed E-state index contributed by atoms with van der Waals surface area (Å²) in [5.74, 6) is 0.539. The number of aromatic nitrogens is 5. The van der Waals surface area contributed by atoms with Crippen molar-refractivity contribution in [1.82, 2.24) is 24.3 Å². The van der Waals surface area contributed by atoms with Crippen LogP contribution in [0.3, 0.4) is 0 Å². The van der Waals surface area contributed by atoms with Gasteiger partial charge in [-0.1, -0.05) is 6.07 Å². The van der Waals surface area contributed by atoms with Crippen LogP contribution in [0.15, 0.2) is 55.0 Å². The fourth-order valence-corrected chi connectivity index (χ4v) is 3.87. The molecule has 148 valence electrons. The summed E-state index contributed by atoms with van der Waals surface area (Å²) in [6.45, 7) is 3.82. The number of halogens is 1. The Kier molecular flexibility index (Phi) is 4.17. The molecule has 30 heavy (non-hydrogen) atoms. The molecule has 0 unspecified atom stereocenters. The van der Waals surface area contributed by atoms with Gasteiger partial charge in [-0.25, -0.2) is 15.0 Å². The molecule has 5 rings (SSSR count). The summed E-state index contributed by atoms with van der Waals surface area (Å²) in [6, 6.07) is 11.2. The Hall–Kier alpha value is -3.87. The third-order valence-electron chi connectivity index (χ3n) is 5.18. The fourth-order valence-electron chi connectivity index (χ4n) is 3.87. The Morgan fingerprint density at radius 2 is 1.77 bits per heavy atom. The fraction of sp³-hybridized carbons (Fsp3) is 0.130. The average Bonchev–Trinajstić information content (AvgIpc) is 3.12. The standard InChI is InChI=1S/C23H18FN5O/c1-13-21-14(2)28-23(17-7-5-9-26-22(17)24)29(21)18-10-16(15-6-4-8-25-12-15)11-19(30-3)20(18)27-13/h4-12H,1-3H3. The summed E-state index contributed by atoms with van der Waals surface area (Å²) in [7, 11) is 1.61. The summed E-state index contributed by atoms with van der Waals surface area (Å²) in [6.07, 6.45) is 4.95. The molecule has 0 radical (unpaired) electrons. The largest absolute Gasteiger partial charge is 0.494 e. The first-order valence-corrected chi connectivity index (χ1v) is 9.47. The highest BCUT2D eigenvalue weighted by Crippen LogP contribution is 2.35. The van der Waals surface area contributed by atoms with Crippen molar-refractivity contribution in [2.75, 3.05) is 7.11 Å². The molecule has 0 N–H and O–H groups in total. The van der Waals surface area contributed by atoms with Crippen LogP contribution in [-0.2, 0) is 0 Å². The first-order valence-electron chi connectivity index (χ1n) is 9.47. The van der Waals surface area contributed by atoms with Crippen molar-refractivity contribution in [2.24, 2.45) is 0 Å². The summed E-state index contributed by atoms with van der Waals surface area (Å²) < 4.78 is 22.2. The van der Waals surface area contributed by atoms with Crippen molar-refractivity contribution < 1.29 is 9.13 Å². The van der Waals surface area contributed by atoms with E-state index in [0.717, 1.165) is 33.5 Å².